The number of anilines is 2. The number of benzene rings is 1. The van der Waals surface area contributed by atoms with Gasteiger partial charge in [0.2, 0.25) is 0 Å². The summed E-state index contributed by atoms with van der Waals surface area (Å²) in [5, 5.41) is 23.6. The Hall–Kier alpha value is -2.80. The zero-order chi connectivity index (χ0) is 22.6. The molecule has 174 valence electrons. The van der Waals surface area contributed by atoms with E-state index in [9.17, 15) is 15.0 Å². The number of aromatic hydroxyl groups is 1. The molecule has 4 saturated carbocycles. The van der Waals surface area contributed by atoms with Gasteiger partial charge in [-0.3, -0.25) is 4.79 Å². The number of hydrogen-bond acceptors (Lipinski definition) is 6. The Bertz CT molecular complexity index is 1020. The molecule has 7 heteroatoms. The number of piperazine rings is 1. The summed E-state index contributed by atoms with van der Waals surface area (Å²) in [5.41, 5.74) is 1.09. The van der Waals surface area contributed by atoms with E-state index in [-0.39, 0.29) is 17.7 Å². The summed E-state index contributed by atoms with van der Waals surface area (Å²) in [6, 6.07) is 13.2. The molecular weight excluding hydrogens is 416 g/mol. The zero-order valence-electron chi connectivity index (χ0n) is 18.9. The number of phenolic OH excluding ortho intramolecular Hbond substituents is 1. The average molecular weight is 449 g/mol. The monoisotopic (exact) mass is 448 g/mol. The zero-order valence-corrected chi connectivity index (χ0v) is 18.9. The van der Waals surface area contributed by atoms with Gasteiger partial charge in [0.1, 0.15) is 17.3 Å². The molecule has 7 nitrogen and oxygen atoms in total. The van der Waals surface area contributed by atoms with E-state index >= 15 is 0 Å². The van der Waals surface area contributed by atoms with Crippen molar-refractivity contribution >= 4 is 17.4 Å². The molecule has 1 amide bonds. The fraction of sp³-hybridized carbons (Fsp3) is 0.538. The van der Waals surface area contributed by atoms with Gasteiger partial charge >= 0.3 is 0 Å². The Balaban J connectivity index is 1.10. The lowest BCUT2D eigenvalue weighted by Crippen LogP contribution is -2.61. The van der Waals surface area contributed by atoms with Crippen molar-refractivity contribution in [3.05, 3.63) is 48.2 Å². The van der Waals surface area contributed by atoms with Crippen molar-refractivity contribution in [3.8, 4) is 5.75 Å². The van der Waals surface area contributed by atoms with Gasteiger partial charge in [0.15, 0.2) is 0 Å². The smallest absolute Gasteiger partial charge is 0.270 e. The van der Waals surface area contributed by atoms with Crippen molar-refractivity contribution in [1.82, 2.24) is 10.3 Å². The Kier molecular flexibility index (Phi) is 4.98. The Labute approximate surface area is 194 Å². The summed E-state index contributed by atoms with van der Waals surface area (Å²) in [7, 11) is 0. The molecule has 4 aliphatic carbocycles. The molecule has 2 aromatic rings. The van der Waals surface area contributed by atoms with E-state index in [0.717, 1.165) is 69.8 Å². The second-order valence-corrected chi connectivity index (χ2v) is 10.6. The average Bonchev–Trinajstić information content (AvgIpc) is 2.81. The summed E-state index contributed by atoms with van der Waals surface area (Å²) in [6.45, 7) is 3.37. The molecule has 2 unspecified atom stereocenters. The van der Waals surface area contributed by atoms with Gasteiger partial charge in [-0.2, -0.15) is 0 Å². The Morgan fingerprint density at radius 3 is 2.27 bits per heavy atom. The Morgan fingerprint density at radius 1 is 0.939 bits per heavy atom. The molecular formula is C26H32N4O3. The summed E-state index contributed by atoms with van der Waals surface area (Å²) in [6.07, 6.45) is 4.85. The maximum absolute atomic E-state index is 13.1. The van der Waals surface area contributed by atoms with Crippen molar-refractivity contribution in [2.75, 3.05) is 36.0 Å². The molecule has 7 rings (SSSR count). The topological polar surface area (TPSA) is 88.9 Å². The first kappa shape index (κ1) is 20.8. The van der Waals surface area contributed by atoms with E-state index in [1.807, 2.05) is 24.3 Å². The van der Waals surface area contributed by atoms with E-state index in [1.54, 1.807) is 18.2 Å². The minimum Gasteiger partial charge on any atom is -0.508 e. The molecule has 5 fully saturated rings. The largest absolute Gasteiger partial charge is 0.508 e. The highest BCUT2D eigenvalue weighted by molar-refractivity contribution is 5.93. The first-order valence-electron chi connectivity index (χ1n) is 12.2. The van der Waals surface area contributed by atoms with Crippen molar-refractivity contribution < 1.29 is 15.0 Å². The number of carbonyl (C=O) groups is 1. The highest BCUT2D eigenvalue weighted by atomic mass is 16.3. The van der Waals surface area contributed by atoms with Crippen molar-refractivity contribution in [2.45, 2.75) is 43.7 Å². The number of amides is 1. The van der Waals surface area contributed by atoms with Crippen LogP contribution >= 0.6 is 0 Å². The molecule has 1 aliphatic heterocycles. The molecule has 1 aromatic heterocycles. The van der Waals surface area contributed by atoms with Gasteiger partial charge in [-0.15, -0.1) is 0 Å². The lowest BCUT2D eigenvalue weighted by Gasteiger charge is -2.58. The van der Waals surface area contributed by atoms with Crippen LogP contribution in [0.3, 0.4) is 0 Å². The van der Waals surface area contributed by atoms with Gasteiger partial charge < -0.3 is 25.3 Å². The van der Waals surface area contributed by atoms with Crippen LogP contribution < -0.4 is 15.1 Å². The minimum absolute atomic E-state index is 0.0935. The van der Waals surface area contributed by atoms with Crippen molar-refractivity contribution in [1.29, 1.82) is 0 Å². The standard InChI is InChI=1S/C26H32N4O3/c31-21-6-4-20(5-7-21)29-8-10-30(11-9-29)23-3-1-2-22(27-23)25(32)28-24-18-12-17-13-19(24)16-26(33,14-17)15-18/h1-7,17-19,24,31,33H,8-16H2,(H,28,32)/t17?,18?,19?,24-,26-. The van der Waals surface area contributed by atoms with Crippen LogP contribution in [0.2, 0.25) is 0 Å². The fourth-order valence-corrected chi connectivity index (χ4v) is 7.03. The summed E-state index contributed by atoms with van der Waals surface area (Å²) < 4.78 is 0. The van der Waals surface area contributed by atoms with Crippen LogP contribution in [0, 0.1) is 17.8 Å². The van der Waals surface area contributed by atoms with Crippen LogP contribution in [0.4, 0.5) is 11.5 Å². The summed E-state index contributed by atoms with van der Waals surface area (Å²) in [4.78, 5) is 22.4. The first-order valence-corrected chi connectivity index (χ1v) is 12.2. The molecule has 5 aliphatic rings. The third-order valence-corrected chi connectivity index (χ3v) is 8.32. The van der Waals surface area contributed by atoms with Gasteiger partial charge in [0.25, 0.3) is 5.91 Å². The number of aromatic nitrogens is 1. The highest BCUT2D eigenvalue weighted by Gasteiger charge is 2.55. The van der Waals surface area contributed by atoms with Crippen LogP contribution in [0.15, 0.2) is 42.5 Å². The number of phenols is 1. The number of hydrogen-bond donors (Lipinski definition) is 3. The second-order valence-electron chi connectivity index (χ2n) is 10.6. The van der Waals surface area contributed by atoms with Crippen LogP contribution in [-0.2, 0) is 0 Å². The highest BCUT2D eigenvalue weighted by Crippen LogP contribution is 2.55. The predicted molar refractivity (Wildman–Crippen MR) is 127 cm³/mol. The lowest BCUT2D eigenvalue weighted by molar-refractivity contribution is -0.136. The molecule has 1 aromatic carbocycles. The molecule has 33 heavy (non-hydrogen) atoms. The third-order valence-electron chi connectivity index (χ3n) is 8.32. The van der Waals surface area contributed by atoms with Gasteiger partial charge in [-0.1, -0.05) is 6.07 Å². The number of pyridine rings is 1. The van der Waals surface area contributed by atoms with E-state index in [0.29, 0.717) is 23.4 Å². The number of aliphatic hydroxyl groups is 1. The van der Waals surface area contributed by atoms with Crippen LogP contribution in [0.25, 0.3) is 0 Å². The number of nitrogens with zero attached hydrogens (tertiary/aromatic N) is 3. The quantitative estimate of drug-likeness (QED) is 0.667. The number of rotatable bonds is 4. The number of nitrogens with one attached hydrogen (secondary N) is 1. The normalized spacial score (nSPS) is 32.8. The summed E-state index contributed by atoms with van der Waals surface area (Å²) >= 11 is 0. The SMILES string of the molecule is O=C(N[C@H]1C2CC3CC1C[C@](O)(C3)C2)c1cccc(N2CCN(c3ccc(O)cc3)CC2)n1. The van der Waals surface area contributed by atoms with E-state index in [1.165, 1.54) is 0 Å². The molecule has 0 radical (unpaired) electrons. The lowest BCUT2D eigenvalue weighted by atomic mass is 9.52. The maximum Gasteiger partial charge on any atom is 0.270 e. The van der Waals surface area contributed by atoms with Crippen molar-refractivity contribution in [3.63, 3.8) is 0 Å². The van der Waals surface area contributed by atoms with Crippen LogP contribution in [-0.4, -0.2) is 58.9 Å². The van der Waals surface area contributed by atoms with Crippen LogP contribution in [0.1, 0.15) is 42.6 Å². The van der Waals surface area contributed by atoms with Crippen molar-refractivity contribution in [2.24, 2.45) is 17.8 Å². The predicted octanol–water partition coefficient (Wildman–Crippen LogP) is 2.78. The van der Waals surface area contributed by atoms with Gasteiger partial charge in [0.05, 0.1) is 5.60 Å². The molecule has 2 atom stereocenters. The van der Waals surface area contributed by atoms with E-state index < -0.39 is 5.60 Å². The molecule has 2 heterocycles. The Morgan fingerprint density at radius 2 is 1.61 bits per heavy atom. The first-order chi connectivity index (χ1) is 16.0. The summed E-state index contributed by atoms with van der Waals surface area (Å²) in [5.74, 6) is 2.43. The maximum atomic E-state index is 13.1. The number of carbonyl (C=O) groups excluding carboxylic acids is 1. The minimum atomic E-state index is -0.488. The molecule has 4 bridgehead atoms. The third kappa shape index (κ3) is 3.92. The fourth-order valence-electron chi connectivity index (χ4n) is 7.03. The van der Waals surface area contributed by atoms with E-state index in [2.05, 4.69) is 15.1 Å². The van der Waals surface area contributed by atoms with Gasteiger partial charge in [-0.25, -0.2) is 4.98 Å². The molecule has 0 spiro atoms. The van der Waals surface area contributed by atoms with Gasteiger partial charge in [-0.05, 0) is 86.3 Å². The second kappa shape index (κ2) is 7.90. The van der Waals surface area contributed by atoms with Gasteiger partial charge in [0, 0.05) is 37.9 Å². The van der Waals surface area contributed by atoms with E-state index in [4.69, 9.17) is 4.98 Å². The van der Waals surface area contributed by atoms with Crippen LogP contribution in [0.5, 0.6) is 5.75 Å². The molecule has 1 saturated heterocycles. The molecule has 3 N–H and O–H groups in total.